The number of piperidine rings is 1. The fourth-order valence-corrected chi connectivity index (χ4v) is 5.62. The number of thioether (sulfide) groups is 1. The van der Waals surface area contributed by atoms with Crippen molar-refractivity contribution in [1.29, 1.82) is 0 Å². The Morgan fingerprint density at radius 1 is 1.02 bits per heavy atom. The van der Waals surface area contributed by atoms with Gasteiger partial charge in [0.1, 0.15) is 18.2 Å². The van der Waals surface area contributed by atoms with Crippen molar-refractivity contribution >= 4 is 46.3 Å². The minimum absolute atomic E-state index is 0.0504. The molecule has 0 radical (unpaired) electrons. The van der Waals surface area contributed by atoms with E-state index in [4.69, 9.17) is 9.84 Å². The molecule has 2 aliphatic heterocycles. The van der Waals surface area contributed by atoms with Gasteiger partial charge in [-0.15, -0.1) is 0 Å². The number of anilines is 1. The number of likely N-dealkylation sites (N-methyl/N-ethyl adjacent to an activating group) is 1. The van der Waals surface area contributed by atoms with E-state index in [0.717, 1.165) is 37.1 Å². The third-order valence-corrected chi connectivity index (χ3v) is 7.87. The van der Waals surface area contributed by atoms with Crippen molar-refractivity contribution in [3.05, 3.63) is 94.1 Å². The third-order valence-electron chi connectivity index (χ3n) is 6.81. The van der Waals surface area contributed by atoms with Gasteiger partial charge in [-0.05, 0) is 90.2 Å². The number of carbonyl (C=O) groups is 2. The highest BCUT2D eigenvalue weighted by molar-refractivity contribution is 8.18. The second-order valence-electron chi connectivity index (χ2n) is 9.80. The number of carboxylic acids is 1. The average molecular weight is 560 g/mol. The number of aliphatic imine (C=N–C) groups is 1. The molecule has 0 aromatic heterocycles. The summed E-state index contributed by atoms with van der Waals surface area (Å²) in [5.74, 6) is -0.606. The summed E-state index contributed by atoms with van der Waals surface area (Å²) in [5.41, 5.74) is 3.59. The van der Waals surface area contributed by atoms with Crippen LogP contribution in [0.5, 0.6) is 5.75 Å². The van der Waals surface area contributed by atoms with Crippen LogP contribution in [0.25, 0.3) is 6.08 Å². The number of rotatable bonds is 8. The van der Waals surface area contributed by atoms with Gasteiger partial charge in [0.2, 0.25) is 0 Å². The van der Waals surface area contributed by atoms with E-state index in [-0.39, 0.29) is 24.8 Å². The summed E-state index contributed by atoms with van der Waals surface area (Å²) < 4.78 is 20.6. The standard InChI is InChI=1S/C31H30FN3O4S/c1-34-30(38)28(40-31(34)33-24-10-5-22(6-11-24)19-29(36)37)18-21-7-12-25(13-8-21)39-20-23-9-14-27(26(32)17-23)35-15-3-2-4-16-35/h5-14,17-18H,2-4,15-16,19-20H2,1H3,(H,36,37). The minimum atomic E-state index is -0.890. The molecular formula is C31H30FN3O4S. The maximum Gasteiger partial charge on any atom is 0.307 e. The van der Waals surface area contributed by atoms with Crippen molar-refractivity contribution in [2.75, 3.05) is 25.0 Å². The number of hydrogen-bond donors (Lipinski definition) is 1. The van der Waals surface area contributed by atoms with Crippen molar-refractivity contribution in [1.82, 2.24) is 4.90 Å². The van der Waals surface area contributed by atoms with Crippen molar-refractivity contribution in [3.63, 3.8) is 0 Å². The first-order valence-electron chi connectivity index (χ1n) is 13.2. The molecule has 9 heteroatoms. The lowest BCUT2D eigenvalue weighted by molar-refractivity contribution is -0.136. The number of aliphatic carboxylic acids is 1. The average Bonchev–Trinajstić information content (AvgIpc) is 3.21. The van der Waals surface area contributed by atoms with Gasteiger partial charge in [0.05, 0.1) is 22.7 Å². The molecule has 0 atom stereocenters. The molecule has 0 saturated carbocycles. The van der Waals surface area contributed by atoms with Crippen molar-refractivity contribution in [2.45, 2.75) is 32.3 Å². The quantitative estimate of drug-likeness (QED) is 0.328. The Bertz CT molecular complexity index is 1450. The largest absolute Gasteiger partial charge is 0.489 e. The van der Waals surface area contributed by atoms with E-state index in [2.05, 4.69) is 9.89 Å². The Balaban J connectivity index is 1.19. The van der Waals surface area contributed by atoms with Gasteiger partial charge in [-0.2, -0.15) is 0 Å². The Morgan fingerprint density at radius 3 is 2.40 bits per heavy atom. The molecule has 0 spiro atoms. The second kappa shape index (κ2) is 12.4. The third kappa shape index (κ3) is 6.71. The molecule has 7 nitrogen and oxygen atoms in total. The van der Waals surface area contributed by atoms with Gasteiger partial charge in [-0.25, -0.2) is 9.38 Å². The lowest BCUT2D eigenvalue weighted by Crippen LogP contribution is -2.30. The second-order valence-corrected chi connectivity index (χ2v) is 10.8. The fraction of sp³-hybridized carbons (Fsp3) is 0.258. The summed E-state index contributed by atoms with van der Waals surface area (Å²) in [6, 6.07) is 19.6. The van der Waals surface area contributed by atoms with Crippen LogP contribution in [0.15, 0.2) is 76.6 Å². The van der Waals surface area contributed by atoms with Gasteiger partial charge >= 0.3 is 5.97 Å². The fourth-order valence-electron chi connectivity index (χ4n) is 4.63. The van der Waals surface area contributed by atoms with Crippen molar-refractivity contribution in [2.24, 2.45) is 4.99 Å². The molecule has 3 aromatic rings. The normalized spacial score (nSPS) is 17.6. The van der Waals surface area contributed by atoms with E-state index in [1.165, 1.54) is 23.1 Å². The lowest BCUT2D eigenvalue weighted by atomic mass is 10.1. The van der Waals surface area contributed by atoms with Crippen LogP contribution in [0.3, 0.4) is 0 Å². The Morgan fingerprint density at radius 2 is 1.73 bits per heavy atom. The summed E-state index contributed by atoms with van der Waals surface area (Å²) >= 11 is 1.28. The number of hydrogen-bond acceptors (Lipinski definition) is 6. The van der Waals surface area contributed by atoms with Gasteiger partial charge in [-0.3, -0.25) is 14.5 Å². The van der Waals surface area contributed by atoms with Crippen molar-refractivity contribution in [3.8, 4) is 5.75 Å². The summed E-state index contributed by atoms with van der Waals surface area (Å²) in [6.07, 6.45) is 5.16. The molecule has 2 fully saturated rings. The molecule has 206 valence electrons. The number of carbonyl (C=O) groups excluding carboxylic acids is 1. The summed E-state index contributed by atoms with van der Waals surface area (Å²) in [4.78, 5) is 32.4. The first kappa shape index (κ1) is 27.5. The number of benzene rings is 3. The van der Waals surface area contributed by atoms with E-state index in [0.29, 0.717) is 32.8 Å². The zero-order valence-corrected chi connectivity index (χ0v) is 23.0. The summed E-state index contributed by atoms with van der Waals surface area (Å²) in [5, 5.41) is 9.47. The van der Waals surface area contributed by atoms with Gasteiger partial charge < -0.3 is 14.7 Å². The molecule has 3 aromatic carbocycles. The predicted octanol–water partition coefficient (Wildman–Crippen LogP) is 6.26. The molecule has 1 amide bonds. The SMILES string of the molecule is CN1C(=O)C(=Cc2ccc(OCc3ccc(N4CCCCC4)c(F)c3)cc2)SC1=Nc1ccc(CC(=O)O)cc1. The predicted molar refractivity (Wildman–Crippen MR) is 156 cm³/mol. The zero-order chi connectivity index (χ0) is 28.1. The van der Waals surface area contributed by atoms with E-state index >= 15 is 0 Å². The van der Waals surface area contributed by atoms with Crippen LogP contribution in [0.2, 0.25) is 0 Å². The van der Waals surface area contributed by atoms with Crippen molar-refractivity contribution < 1.29 is 23.8 Å². The van der Waals surface area contributed by atoms with Crippen LogP contribution < -0.4 is 9.64 Å². The molecule has 5 rings (SSSR count). The highest BCUT2D eigenvalue weighted by Crippen LogP contribution is 2.33. The Hall–Kier alpha value is -4.11. The number of ether oxygens (including phenoxy) is 1. The van der Waals surface area contributed by atoms with Crippen LogP contribution in [-0.2, 0) is 22.6 Å². The molecular weight excluding hydrogens is 529 g/mol. The molecule has 0 bridgehead atoms. The number of carboxylic acid groups (broad SMARTS) is 1. The lowest BCUT2D eigenvalue weighted by Gasteiger charge is -2.29. The molecule has 40 heavy (non-hydrogen) atoms. The van der Waals surface area contributed by atoms with Crippen LogP contribution in [0.4, 0.5) is 15.8 Å². The first-order valence-corrected chi connectivity index (χ1v) is 14.0. The Labute approximate surface area is 237 Å². The van der Waals surface area contributed by atoms with Gasteiger partial charge in [0.15, 0.2) is 5.17 Å². The number of amides is 1. The molecule has 1 N–H and O–H groups in total. The van der Waals surface area contributed by atoms with E-state index in [1.54, 1.807) is 43.5 Å². The molecule has 2 saturated heterocycles. The van der Waals surface area contributed by atoms with Gasteiger partial charge in [0, 0.05) is 20.1 Å². The molecule has 2 aliphatic rings. The van der Waals surface area contributed by atoms with Gasteiger partial charge in [-0.1, -0.05) is 30.3 Å². The first-order chi connectivity index (χ1) is 19.4. The molecule has 0 unspecified atom stereocenters. The Kier molecular flexibility index (Phi) is 8.50. The maximum atomic E-state index is 14.7. The summed E-state index contributed by atoms with van der Waals surface area (Å²) in [6.45, 7) is 2.05. The maximum absolute atomic E-state index is 14.7. The number of amidine groups is 1. The highest BCUT2D eigenvalue weighted by atomic mass is 32.2. The van der Waals surface area contributed by atoms with E-state index in [9.17, 15) is 14.0 Å². The number of halogens is 1. The van der Waals surface area contributed by atoms with E-state index < -0.39 is 5.97 Å². The monoisotopic (exact) mass is 559 g/mol. The highest BCUT2D eigenvalue weighted by Gasteiger charge is 2.30. The minimum Gasteiger partial charge on any atom is -0.489 e. The van der Waals surface area contributed by atoms with E-state index in [1.807, 2.05) is 36.4 Å². The van der Waals surface area contributed by atoms with Gasteiger partial charge in [0.25, 0.3) is 5.91 Å². The smallest absolute Gasteiger partial charge is 0.307 e. The topological polar surface area (TPSA) is 82.4 Å². The van der Waals surface area contributed by atoms with Crippen LogP contribution in [-0.4, -0.2) is 47.2 Å². The number of nitrogens with zero attached hydrogens (tertiary/aromatic N) is 3. The zero-order valence-electron chi connectivity index (χ0n) is 22.2. The molecule has 0 aliphatic carbocycles. The summed E-state index contributed by atoms with van der Waals surface area (Å²) in [7, 11) is 1.67. The van der Waals surface area contributed by atoms with Crippen LogP contribution >= 0.6 is 11.8 Å². The molecule has 2 heterocycles. The van der Waals surface area contributed by atoms with Crippen LogP contribution in [0, 0.1) is 5.82 Å². The van der Waals surface area contributed by atoms with Crippen LogP contribution in [0.1, 0.15) is 36.0 Å².